The molecule has 130 valence electrons. The summed E-state index contributed by atoms with van der Waals surface area (Å²) >= 11 is 0. The number of nitrogens with zero attached hydrogens (tertiary/aromatic N) is 3. The lowest BCUT2D eigenvalue weighted by Gasteiger charge is -2.11. The van der Waals surface area contributed by atoms with Crippen LogP contribution < -0.4 is 0 Å². The van der Waals surface area contributed by atoms with Crippen molar-refractivity contribution in [3.05, 3.63) is 58.4 Å². The number of fused-ring (bicyclic) bond motifs is 1. The number of alkyl halides is 3. The Morgan fingerprint density at radius 2 is 1.80 bits per heavy atom. The lowest BCUT2D eigenvalue weighted by Crippen LogP contribution is -2.09. The summed E-state index contributed by atoms with van der Waals surface area (Å²) in [5.41, 5.74) is 2.73. The van der Waals surface area contributed by atoms with Crippen LogP contribution in [0.15, 0.2) is 30.3 Å². The fourth-order valence-corrected chi connectivity index (χ4v) is 3.16. The van der Waals surface area contributed by atoms with Gasteiger partial charge in [0.05, 0.1) is 23.2 Å². The van der Waals surface area contributed by atoms with E-state index in [0.29, 0.717) is 23.6 Å². The zero-order valence-electron chi connectivity index (χ0n) is 14.1. The van der Waals surface area contributed by atoms with Gasteiger partial charge in [0.25, 0.3) is 0 Å². The number of rotatable bonds is 3. The van der Waals surface area contributed by atoms with E-state index < -0.39 is 11.7 Å². The summed E-state index contributed by atoms with van der Waals surface area (Å²) in [5.74, 6) is 0.147. The molecule has 3 aromatic rings. The first kappa shape index (κ1) is 16.1. The van der Waals surface area contributed by atoms with Gasteiger partial charge in [-0.05, 0) is 38.3 Å². The van der Waals surface area contributed by atoms with Gasteiger partial charge in [-0.25, -0.2) is 9.67 Å². The number of halogens is 3. The van der Waals surface area contributed by atoms with E-state index in [4.69, 9.17) is 0 Å². The number of aryl methyl sites for hydroxylation is 2. The van der Waals surface area contributed by atoms with Crippen molar-refractivity contribution in [3.63, 3.8) is 0 Å². The first-order valence-corrected chi connectivity index (χ1v) is 8.34. The molecule has 0 unspecified atom stereocenters. The summed E-state index contributed by atoms with van der Waals surface area (Å²) in [6.45, 7) is 4.01. The molecule has 25 heavy (non-hydrogen) atoms. The molecule has 0 atom stereocenters. The van der Waals surface area contributed by atoms with Crippen molar-refractivity contribution in [1.82, 2.24) is 14.8 Å². The van der Waals surface area contributed by atoms with Crippen LogP contribution in [0.1, 0.15) is 46.8 Å². The van der Waals surface area contributed by atoms with Crippen molar-refractivity contribution in [3.8, 4) is 0 Å². The SMILES string of the molecule is Cc1ccc(Cn2nc(C)c3c(C(F)(F)F)cc(C4CC4)nc32)cc1. The first-order valence-electron chi connectivity index (χ1n) is 8.34. The van der Waals surface area contributed by atoms with E-state index in [2.05, 4.69) is 10.1 Å². The maximum atomic E-state index is 13.6. The molecule has 4 rings (SSSR count). The highest BCUT2D eigenvalue weighted by atomic mass is 19.4. The largest absolute Gasteiger partial charge is 0.417 e. The quantitative estimate of drug-likeness (QED) is 0.669. The van der Waals surface area contributed by atoms with E-state index in [0.717, 1.165) is 24.0 Å². The molecule has 1 aromatic carbocycles. The van der Waals surface area contributed by atoms with Gasteiger partial charge in [0.15, 0.2) is 5.65 Å². The minimum absolute atomic E-state index is 0.115. The Kier molecular flexibility index (Phi) is 3.60. The summed E-state index contributed by atoms with van der Waals surface area (Å²) in [5, 5.41) is 4.47. The van der Waals surface area contributed by atoms with E-state index in [-0.39, 0.29) is 11.3 Å². The van der Waals surface area contributed by atoms with E-state index >= 15 is 0 Å². The molecule has 0 bridgehead atoms. The maximum Gasteiger partial charge on any atom is 0.417 e. The molecular formula is C19H18F3N3. The van der Waals surface area contributed by atoms with Crippen LogP contribution in [-0.4, -0.2) is 14.8 Å². The average Bonchev–Trinajstić information content (AvgIpc) is 3.35. The van der Waals surface area contributed by atoms with Gasteiger partial charge in [0.2, 0.25) is 0 Å². The number of hydrogen-bond acceptors (Lipinski definition) is 2. The number of aromatic nitrogens is 3. The molecule has 0 radical (unpaired) electrons. The van der Waals surface area contributed by atoms with Crippen molar-refractivity contribution in [1.29, 1.82) is 0 Å². The highest BCUT2D eigenvalue weighted by Gasteiger charge is 2.37. The molecule has 2 aromatic heterocycles. The molecular weight excluding hydrogens is 327 g/mol. The third-order valence-electron chi connectivity index (χ3n) is 4.65. The van der Waals surface area contributed by atoms with Crippen molar-refractivity contribution in [2.24, 2.45) is 0 Å². The third-order valence-corrected chi connectivity index (χ3v) is 4.65. The van der Waals surface area contributed by atoms with Gasteiger partial charge < -0.3 is 0 Å². The van der Waals surface area contributed by atoms with Crippen LogP contribution >= 0.6 is 0 Å². The van der Waals surface area contributed by atoms with Gasteiger partial charge in [-0.2, -0.15) is 18.3 Å². The smallest absolute Gasteiger partial charge is 0.243 e. The van der Waals surface area contributed by atoms with Gasteiger partial charge in [-0.1, -0.05) is 29.8 Å². The average molecular weight is 345 g/mol. The topological polar surface area (TPSA) is 30.7 Å². The predicted molar refractivity (Wildman–Crippen MR) is 89.5 cm³/mol. The Balaban J connectivity index is 1.87. The molecule has 0 spiro atoms. The molecule has 2 heterocycles. The summed E-state index contributed by atoms with van der Waals surface area (Å²) in [6.07, 6.45) is -2.60. The van der Waals surface area contributed by atoms with Crippen LogP contribution in [0.25, 0.3) is 11.0 Å². The van der Waals surface area contributed by atoms with Crippen LogP contribution in [0, 0.1) is 13.8 Å². The Bertz CT molecular complexity index is 935. The fraction of sp³-hybridized carbons (Fsp3) is 0.368. The molecule has 0 N–H and O–H groups in total. The highest BCUT2D eigenvalue weighted by Crippen LogP contribution is 2.43. The molecule has 3 nitrogen and oxygen atoms in total. The number of pyridine rings is 1. The summed E-state index contributed by atoms with van der Waals surface area (Å²) in [4.78, 5) is 4.55. The Labute approximate surface area is 143 Å². The second kappa shape index (κ2) is 5.58. The zero-order chi connectivity index (χ0) is 17.8. The normalized spacial score (nSPS) is 15.1. The number of hydrogen-bond donors (Lipinski definition) is 0. The zero-order valence-corrected chi connectivity index (χ0v) is 14.1. The van der Waals surface area contributed by atoms with Crippen molar-refractivity contribution >= 4 is 11.0 Å². The van der Waals surface area contributed by atoms with E-state index in [1.165, 1.54) is 6.07 Å². The Hall–Kier alpha value is -2.37. The Morgan fingerprint density at radius 3 is 2.40 bits per heavy atom. The standard InChI is InChI=1S/C19H18F3N3/c1-11-3-5-13(6-4-11)10-25-18-17(12(2)24-25)15(19(20,21)22)9-16(23-18)14-7-8-14/h3-6,9,14H,7-8,10H2,1-2H3. The van der Waals surface area contributed by atoms with Crippen molar-refractivity contribution in [2.45, 2.75) is 45.3 Å². The summed E-state index contributed by atoms with van der Waals surface area (Å²) in [7, 11) is 0. The molecule has 0 saturated heterocycles. The van der Waals surface area contributed by atoms with Gasteiger partial charge in [-0.15, -0.1) is 0 Å². The van der Waals surface area contributed by atoms with Gasteiger partial charge >= 0.3 is 6.18 Å². The predicted octanol–water partition coefficient (Wildman–Crippen LogP) is 4.99. The lowest BCUT2D eigenvalue weighted by molar-refractivity contribution is -0.136. The molecule has 1 fully saturated rings. The van der Waals surface area contributed by atoms with E-state index in [9.17, 15) is 13.2 Å². The van der Waals surface area contributed by atoms with Crippen LogP contribution in [0.2, 0.25) is 0 Å². The molecule has 0 amide bonds. The second-order valence-electron chi connectivity index (χ2n) is 6.79. The third kappa shape index (κ3) is 3.01. The maximum absolute atomic E-state index is 13.6. The van der Waals surface area contributed by atoms with Crippen LogP contribution in [0.3, 0.4) is 0 Å². The van der Waals surface area contributed by atoms with Crippen LogP contribution in [0.4, 0.5) is 13.2 Å². The number of benzene rings is 1. The molecule has 1 aliphatic carbocycles. The molecule has 1 aliphatic rings. The van der Waals surface area contributed by atoms with Gasteiger partial charge in [0.1, 0.15) is 0 Å². The molecule has 1 saturated carbocycles. The molecule has 0 aliphatic heterocycles. The van der Waals surface area contributed by atoms with E-state index in [1.807, 2.05) is 31.2 Å². The van der Waals surface area contributed by atoms with Crippen molar-refractivity contribution < 1.29 is 13.2 Å². The van der Waals surface area contributed by atoms with Gasteiger partial charge in [0, 0.05) is 11.6 Å². The molecule has 6 heteroatoms. The van der Waals surface area contributed by atoms with Crippen LogP contribution in [-0.2, 0) is 12.7 Å². The first-order chi connectivity index (χ1) is 11.8. The van der Waals surface area contributed by atoms with Crippen molar-refractivity contribution in [2.75, 3.05) is 0 Å². The van der Waals surface area contributed by atoms with Crippen LogP contribution in [0.5, 0.6) is 0 Å². The lowest BCUT2D eigenvalue weighted by atomic mass is 10.1. The Morgan fingerprint density at radius 1 is 1.12 bits per heavy atom. The highest BCUT2D eigenvalue weighted by molar-refractivity contribution is 5.83. The van der Waals surface area contributed by atoms with E-state index in [1.54, 1.807) is 11.6 Å². The minimum atomic E-state index is -4.41. The summed E-state index contributed by atoms with van der Waals surface area (Å²) < 4.78 is 42.3. The summed E-state index contributed by atoms with van der Waals surface area (Å²) in [6, 6.07) is 9.11. The fourth-order valence-electron chi connectivity index (χ4n) is 3.16. The minimum Gasteiger partial charge on any atom is -0.243 e. The second-order valence-corrected chi connectivity index (χ2v) is 6.79. The monoisotopic (exact) mass is 345 g/mol. The van der Waals surface area contributed by atoms with Gasteiger partial charge in [-0.3, -0.25) is 0 Å².